The van der Waals surface area contributed by atoms with Gasteiger partial charge in [-0.3, -0.25) is 14.9 Å². The molecule has 0 aliphatic rings. The molecule has 0 aromatic heterocycles. The molecule has 0 radical (unpaired) electrons. The van der Waals surface area contributed by atoms with Crippen LogP contribution in [0.5, 0.6) is 5.75 Å². The molecule has 136 valence electrons. The fourth-order valence-corrected chi connectivity index (χ4v) is 1.99. The number of benzene rings is 1. The van der Waals surface area contributed by atoms with Crippen molar-refractivity contribution >= 4 is 35.6 Å². The van der Waals surface area contributed by atoms with Gasteiger partial charge in [-0.1, -0.05) is 25.4 Å². The first kappa shape index (κ1) is 22.4. The summed E-state index contributed by atoms with van der Waals surface area (Å²) < 4.78 is 5.34. The van der Waals surface area contributed by atoms with Crippen LogP contribution in [0, 0.1) is 16.0 Å². The minimum absolute atomic E-state index is 0. The van der Waals surface area contributed by atoms with Crippen molar-refractivity contribution < 1.29 is 14.5 Å². The Bertz CT molecular complexity index is 584. The lowest BCUT2D eigenvalue weighted by atomic mass is 9.88. The predicted octanol–water partition coefficient (Wildman–Crippen LogP) is 2.93. The third-order valence-corrected chi connectivity index (χ3v) is 4.06. The summed E-state index contributed by atoms with van der Waals surface area (Å²) in [5.41, 5.74) is 4.98. The van der Waals surface area contributed by atoms with E-state index in [4.69, 9.17) is 22.1 Å². The second-order valence-electron chi connectivity index (χ2n) is 5.79. The number of carbonyl (C=O) groups is 1. The van der Waals surface area contributed by atoms with Gasteiger partial charge in [-0.05, 0) is 25.0 Å². The van der Waals surface area contributed by atoms with E-state index < -0.39 is 10.5 Å². The van der Waals surface area contributed by atoms with E-state index in [2.05, 4.69) is 5.32 Å². The molecule has 0 saturated heterocycles. The number of carbonyl (C=O) groups excluding carboxylic acids is 1. The summed E-state index contributed by atoms with van der Waals surface area (Å²) >= 11 is 5.73. The van der Waals surface area contributed by atoms with Crippen LogP contribution in [-0.4, -0.2) is 29.5 Å². The predicted molar refractivity (Wildman–Crippen MR) is 95.9 cm³/mol. The normalized spacial score (nSPS) is 12.9. The number of amides is 1. The Balaban J connectivity index is 0.00000529. The molecule has 0 saturated carbocycles. The highest BCUT2D eigenvalue weighted by molar-refractivity contribution is 6.30. The molecule has 1 atom stereocenters. The van der Waals surface area contributed by atoms with E-state index in [1.165, 1.54) is 18.2 Å². The monoisotopic (exact) mass is 379 g/mol. The number of nitro groups is 1. The smallest absolute Gasteiger partial charge is 0.312 e. The molecule has 0 spiro atoms. The number of nitrogens with zero attached hydrogens (tertiary/aromatic N) is 1. The van der Waals surface area contributed by atoms with Gasteiger partial charge in [0.25, 0.3) is 0 Å². The number of hydrogen-bond donors (Lipinski definition) is 2. The van der Waals surface area contributed by atoms with Gasteiger partial charge in [-0.25, -0.2) is 0 Å². The molecule has 1 aromatic carbocycles. The summed E-state index contributed by atoms with van der Waals surface area (Å²) in [5.74, 6) is 0.0376. The van der Waals surface area contributed by atoms with Gasteiger partial charge in [-0.2, -0.15) is 0 Å². The molecule has 0 aliphatic carbocycles. The maximum Gasteiger partial charge on any atom is 0.312 e. The van der Waals surface area contributed by atoms with Gasteiger partial charge < -0.3 is 15.8 Å². The lowest BCUT2D eigenvalue weighted by Crippen LogP contribution is -2.55. The number of ether oxygens (including phenoxy) is 1. The Morgan fingerprint density at radius 2 is 2.12 bits per heavy atom. The lowest BCUT2D eigenvalue weighted by molar-refractivity contribution is -0.385. The number of halogens is 2. The van der Waals surface area contributed by atoms with E-state index in [1.807, 2.05) is 20.8 Å². The second-order valence-corrected chi connectivity index (χ2v) is 6.23. The van der Waals surface area contributed by atoms with E-state index in [9.17, 15) is 14.9 Å². The molecule has 3 N–H and O–H groups in total. The molecule has 1 aromatic rings. The average Bonchev–Trinajstić information content (AvgIpc) is 2.48. The number of nitrogens with one attached hydrogen (secondary N) is 1. The maximum absolute atomic E-state index is 12.0. The molecular formula is C15H23Cl2N3O4. The standard InChI is InChI=1S/C15H22ClN3O4.ClH/c1-10(2)15(3,9-17)18-14(20)6-7-23-13-5-4-11(16)8-12(13)19(21)22;/h4-5,8,10H,6-7,9,17H2,1-3H3,(H,18,20);1H. The quantitative estimate of drug-likeness (QED) is 0.533. The van der Waals surface area contributed by atoms with E-state index in [-0.39, 0.29) is 53.7 Å². The van der Waals surface area contributed by atoms with Crippen LogP contribution in [0.15, 0.2) is 18.2 Å². The minimum atomic E-state index is -0.578. The van der Waals surface area contributed by atoms with Crippen LogP contribution in [-0.2, 0) is 4.79 Å². The zero-order chi connectivity index (χ0) is 17.6. The highest BCUT2D eigenvalue weighted by Gasteiger charge is 2.28. The first-order valence-electron chi connectivity index (χ1n) is 7.27. The van der Waals surface area contributed by atoms with Gasteiger partial charge in [-0.15, -0.1) is 12.4 Å². The number of rotatable bonds is 8. The summed E-state index contributed by atoms with van der Waals surface area (Å²) in [6, 6.07) is 4.12. The molecule has 0 heterocycles. The van der Waals surface area contributed by atoms with Gasteiger partial charge in [0.15, 0.2) is 5.75 Å². The van der Waals surface area contributed by atoms with E-state index in [0.29, 0.717) is 6.54 Å². The topological polar surface area (TPSA) is 107 Å². The molecule has 1 rings (SSSR count). The average molecular weight is 380 g/mol. The largest absolute Gasteiger partial charge is 0.486 e. The number of hydrogen-bond acceptors (Lipinski definition) is 5. The van der Waals surface area contributed by atoms with Crippen molar-refractivity contribution in [3.05, 3.63) is 33.3 Å². The third kappa shape index (κ3) is 6.14. The number of nitrogens with two attached hydrogens (primary N) is 1. The summed E-state index contributed by atoms with van der Waals surface area (Å²) in [6.45, 7) is 6.16. The summed E-state index contributed by atoms with van der Waals surface area (Å²) in [5, 5.41) is 14.1. The van der Waals surface area contributed by atoms with Crippen LogP contribution in [0.1, 0.15) is 27.2 Å². The van der Waals surface area contributed by atoms with Gasteiger partial charge in [0, 0.05) is 17.6 Å². The SMILES string of the molecule is CC(C)C(C)(CN)NC(=O)CCOc1ccc(Cl)cc1[N+](=O)[O-].Cl. The van der Waals surface area contributed by atoms with Crippen molar-refractivity contribution in [3.63, 3.8) is 0 Å². The first-order chi connectivity index (χ1) is 10.7. The van der Waals surface area contributed by atoms with Crippen molar-refractivity contribution in [1.82, 2.24) is 5.32 Å². The lowest BCUT2D eigenvalue weighted by Gasteiger charge is -2.33. The molecule has 24 heavy (non-hydrogen) atoms. The molecule has 9 heteroatoms. The summed E-state index contributed by atoms with van der Waals surface area (Å²) in [4.78, 5) is 22.4. The van der Waals surface area contributed by atoms with Gasteiger partial charge in [0.2, 0.25) is 5.91 Å². The molecule has 0 bridgehead atoms. The Hall–Kier alpha value is -1.57. The fraction of sp³-hybridized carbons (Fsp3) is 0.533. The molecule has 1 amide bonds. The summed E-state index contributed by atoms with van der Waals surface area (Å²) in [7, 11) is 0. The van der Waals surface area contributed by atoms with Crippen LogP contribution in [0.25, 0.3) is 0 Å². The van der Waals surface area contributed by atoms with Crippen molar-refractivity contribution in [3.8, 4) is 5.75 Å². The Morgan fingerprint density at radius 1 is 1.50 bits per heavy atom. The van der Waals surface area contributed by atoms with Crippen molar-refractivity contribution in [1.29, 1.82) is 0 Å². The highest BCUT2D eigenvalue weighted by atomic mass is 35.5. The van der Waals surface area contributed by atoms with Crippen molar-refractivity contribution in [2.45, 2.75) is 32.7 Å². The highest BCUT2D eigenvalue weighted by Crippen LogP contribution is 2.29. The zero-order valence-electron chi connectivity index (χ0n) is 13.9. The number of nitro benzene ring substituents is 1. The zero-order valence-corrected chi connectivity index (χ0v) is 15.4. The van der Waals surface area contributed by atoms with Crippen LogP contribution < -0.4 is 15.8 Å². The third-order valence-electron chi connectivity index (χ3n) is 3.83. The molecule has 0 aliphatic heterocycles. The Labute approximate surface area is 152 Å². The Kier molecular flexibility index (Phi) is 9.03. The molecule has 0 fully saturated rings. The van der Waals surface area contributed by atoms with Crippen LogP contribution in [0.4, 0.5) is 5.69 Å². The van der Waals surface area contributed by atoms with E-state index in [1.54, 1.807) is 0 Å². The van der Waals surface area contributed by atoms with E-state index in [0.717, 1.165) is 0 Å². The molecular weight excluding hydrogens is 357 g/mol. The van der Waals surface area contributed by atoms with E-state index >= 15 is 0 Å². The van der Waals surface area contributed by atoms with Crippen LogP contribution in [0.2, 0.25) is 5.02 Å². The maximum atomic E-state index is 12.0. The van der Waals surface area contributed by atoms with Crippen LogP contribution >= 0.6 is 24.0 Å². The second kappa shape index (κ2) is 9.66. The van der Waals surface area contributed by atoms with Gasteiger partial charge in [0.1, 0.15) is 0 Å². The van der Waals surface area contributed by atoms with Crippen molar-refractivity contribution in [2.24, 2.45) is 11.7 Å². The summed E-state index contributed by atoms with van der Waals surface area (Å²) in [6.07, 6.45) is 0.0715. The van der Waals surface area contributed by atoms with Crippen molar-refractivity contribution in [2.75, 3.05) is 13.2 Å². The fourth-order valence-electron chi connectivity index (χ4n) is 1.82. The molecule has 7 nitrogen and oxygen atoms in total. The first-order valence-corrected chi connectivity index (χ1v) is 7.65. The van der Waals surface area contributed by atoms with Gasteiger partial charge in [0.05, 0.1) is 23.5 Å². The van der Waals surface area contributed by atoms with Gasteiger partial charge >= 0.3 is 5.69 Å². The minimum Gasteiger partial charge on any atom is -0.486 e. The molecule has 1 unspecified atom stereocenters. The Morgan fingerprint density at radius 3 is 2.62 bits per heavy atom. The van der Waals surface area contributed by atoms with Crippen LogP contribution in [0.3, 0.4) is 0 Å².